The van der Waals surface area contributed by atoms with Gasteiger partial charge < -0.3 is 10.5 Å². The Labute approximate surface area is 167 Å². The van der Waals surface area contributed by atoms with E-state index >= 15 is 0 Å². The quantitative estimate of drug-likeness (QED) is 0.860. The Bertz CT molecular complexity index is 797. The molecule has 6 nitrogen and oxygen atoms in total. The summed E-state index contributed by atoms with van der Waals surface area (Å²) in [6.45, 7) is 2.76. The van der Waals surface area contributed by atoms with Crippen LogP contribution in [0.5, 0.6) is 0 Å². The first-order valence-corrected chi connectivity index (χ1v) is 9.57. The van der Waals surface area contributed by atoms with Gasteiger partial charge in [-0.2, -0.15) is 0 Å². The number of nitrogens with two attached hydrogens (primary N) is 1. The number of ether oxygens (including phenoxy) is 1. The third kappa shape index (κ3) is 3.54. The van der Waals surface area contributed by atoms with Crippen molar-refractivity contribution < 1.29 is 9.53 Å². The number of carbonyl (C=O) groups excluding carboxylic acids is 1. The van der Waals surface area contributed by atoms with E-state index in [9.17, 15) is 4.79 Å². The lowest BCUT2D eigenvalue weighted by atomic mass is 9.62. The Hall–Kier alpha value is -2.31. The highest BCUT2D eigenvalue weighted by atomic mass is 16.5. The topological polar surface area (TPSA) is 81.3 Å². The van der Waals surface area contributed by atoms with Crippen LogP contribution >= 0.6 is 0 Å². The van der Waals surface area contributed by atoms with Gasteiger partial charge in [-0.1, -0.05) is 19.9 Å². The Kier molecular flexibility index (Phi) is 6.10. The van der Waals surface area contributed by atoms with Crippen LogP contribution in [-0.4, -0.2) is 41.0 Å². The molecule has 2 atom stereocenters. The first-order chi connectivity index (χ1) is 13.1. The molecule has 2 N–H and O–H groups in total. The molecule has 2 fully saturated rings. The molecule has 0 radical (unpaired) electrons. The highest BCUT2D eigenvalue weighted by Gasteiger charge is 2.53. The number of pyridine rings is 2. The van der Waals surface area contributed by atoms with Crippen LogP contribution in [0.1, 0.15) is 48.4 Å². The number of primary amides is 1. The Morgan fingerprint density at radius 3 is 2.57 bits per heavy atom. The molecule has 1 saturated carbocycles. The van der Waals surface area contributed by atoms with Crippen LogP contribution in [0.3, 0.4) is 0 Å². The molecule has 1 saturated heterocycles. The minimum Gasteiger partial charge on any atom is -0.373 e. The molecule has 4 rings (SSSR count). The Morgan fingerprint density at radius 1 is 1.21 bits per heavy atom. The van der Waals surface area contributed by atoms with E-state index in [0.717, 1.165) is 43.7 Å². The first kappa shape index (κ1) is 20.4. The van der Waals surface area contributed by atoms with Crippen LogP contribution in [0.2, 0.25) is 0 Å². The number of rotatable bonds is 5. The standard InChI is InChI=1S/C21H26N4O2.CH4/c1-27-21(15-8-10-24-19(11-15)20(22)26)16-5-4-6-17(21)13-25(12-16)14-18-7-2-3-9-23-18;/h2-3,7-11,16-17H,4-6,12-14H2,1H3,(H2,22,26);1H4. The lowest BCUT2D eigenvalue weighted by Gasteiger charge is -2.55. The van der Waals surface area contributed by atoms with Gasteiger partial charge in [-0.15, -0.1) is 0 Å². The molecule has 2 aliphatic rings. The van der Waals surface area contributed by atoms with Crippen molar-refractivity contribution >= 4 is 5.91 Å². The Balaban J connectivity index is 0.00000225. The second-order valence-corrected chi connectivity index (χ2v) is 7.63. The van der Waals surface area contributed by atoms with Gasteiger partial charge in [-0.3, -0.25) is 19.7 Å². The van der Waals surface area contributed by atoms with Gasteiger partial charge in [0.05, 0.1) is 5.69 Å². The zero-order valence-electron chi connectivity index (χ0n) is 15.7. The van der Waals surface area contributed by atoms with E-state index in [1.54, 1.807) is 13.3 Å². The summed E-state index contributed by atoms with van der Waals surface area (Å²) in [7, 11) is 1.80. The van der Waals surface area contributed by atoms with E-state index in [0.29, 0.717) is 17.5 Å². The summed E-state index contributed by atoms with van der Waals surface area (Å²) >= 11 is 0. The maximum atomic E-state index is 11.6. The van der Waals surface area contributed by atoms with Gasteiger partial charge in [0.1, 0.15) is 11.3 Å². The van der Waals surface area contributed by atoms with E-state index in [1.165, 1.54) is 6.42 Å². The van der Waals surface area contributed by atoms with Gasteiger partial charge in [0, 0.05) is 51.0 Å². The summed E-state index contributed by atoms with van der Waals surface area (Å²) in [6, 6.07) is 9.87. The minimum atomic E-state index is -0.499. The average Bonchev–Trinajstić information content (AvgIpc) is 2.68. The maximum Gasteiger partial charge on any atom is 0.267 e. The smallest absolute Gasteiger partial charge is 0.267 e. The van der Waals surface area contributed by atoms with Gasteiger partial charge in [0.2, 0.25) is 0 Å². The molecule has 2 aromatic rings. The van der Waals surface area contributed by atoms with Crippen LogP contribution in [0.15, 0.2) is 42.7 Å². The second kappa shape index (κ2) is 8.37. The van der Waals surface area contributed by atoms with Crippen LogP contribution in [0, 0.1) is 11.8 Å². The van der Waals surface area contributed by atoms with Gasteiger partial charge in [0.25, 0.3) is 5.91 Å². The molecule has 2 unspecified atom stereocenters. The number of fused-ring (bicyclic) bond motifs is 2. The molecule has 1 amide bonds. The predicted octanol–water partition coefficient (Wildman–Crippen LogP) is 2.99. The zero-order chi connectivity index (χ0) is 18.9. The van der Waals surface area contributed by atoms with Crippen molar-refractivity contribution in [3.63, 3.8) is 0 Å². The molecular formula is C22H30N4O2. The molecule has 1 aliphatic heterocycles. The van der Waals surface area contributed by atoms with Crippen molar-refractivity contribution in [1.82, 2.24) is 14.9 Å². The summed E-state index contributed by atoms with van der Waals surface area (Å²) in [4.78, 5) is 22.7. The average molecular weight is 383 g/mol. The number of methoxy groups -OCH3 is 1. The third-order valence-corrected chi connectivity index (χ3v) is 6.19. The molecule has 2 aromatic heterocycles. The van der Waals surface area contributed by atoms with Gasteiger partial charge >= 0.3 is 0 Å². The van der Waals surface area contributed by atoms with Crippen molar-refractivity contribution in [2.24, 2.45) is 17.6 Å². The summed E-state index contributed by atoms with van der Waals surface area (Å²) in [6.07, 6.45) is 6.95. The number of hydrogen-bond donors (Lipinski definition) is 1. The summed E-state index contributed by atoms with van der Waals surface area (Å²) in [5, 5.41) is 0. The summed E-state index contributed by atoms with van der Waals surface area (Å²) in [5.74, 6) is 0.226. The van der Waals surface area contributed by atoms with E-state index in [-0.39, 0.29) is 13.0 Å². The molecule has 2 bridgehead atoms. The highest BCUT2D eigenvalue weighted by molar-refractivity contribution is 5.90. The Morgan fingerprint density at radius 2 is 1.96 bits per heavy atom. The van der Waals surface area contributed by atoms with Crippen molar-refractivity contribution in [3.8, 4) is 0 Å². The van der Waals surface area contributed by atoms with Crippen LogP contribution in [0.4, 0.5) is 0 Å². The fraction of sp³-hybridized carbons (Fsp3) is 0.500. The van der Waals surface area contributed by atoms with Gasteiger partial charge in [0.15, 0.2) is 0 Å². The molecule has 0 aromatic carbocycles. The number of nitrogens with zero attached hydrogens (tertiary/aromatic N) is 3. The van der Waals surface area contributed by atoms with Crippen molar-refractivity contribution in [3.05, 3.63) is 59.7 Å². The number of piperidine rings is 1. The van der Waals surface area contributed by atoms with E-state index in [1.807, 2.05) is 30.5 Å². The molecule has 150 valence electrons. The lowest BCUT2D eigenvalue weighted by molar-refractivity contribution is -0.170. The monoisotopic (exact) mass is 382 g/mol. The molecule has 1 aliphatic carbocycles. The first-order valence-electron chi connectivity index (χ1n) is 9.57. The number of likely N-dealkylation sites (tertiary alicyclic amines) is 1. The molecule has 6 heteroatoms. The van der Waals surface area contributed by atoms with E-state index in [2.05, 4.69) is 20.9 Å². The molecule has 0 spiro atoms. The van der Waals surface area contributed by atoms with Gasteiger partial charge in [-0.25, -0.2) is 0 Å². The van der Waals surface area contributed by atoms with Crippen molar-refractivity contribution in [1.29, 1.82) is 0 Å². The van der Waals surface area contributed by atoms with Crippen molar-refractivity contribution in [2.75, 3.05) is 20.2 Å². The normalized spacial score (nSPS) is 27.0. The molecule has 3 heterocycles. The SMILES string of the molecule is C.COC1(c2ccnc(C(N)=O)c2)C2CCCC1CN(Cc1ccccn1)C2. The van der Waals surface area contributed by atoms with Crippen molar-refractivity contribution in [2.45, 2.75) is 38.8 Å². The molecule has 28 heavy (non-hydrogen) atoms. The minimum absolute atomic E-state index is 0. The highest BCUT2D eigenvalue weighted by Crippen LogP contribution is 2.51. The molecular weight excluding hydrogens is 352 g/mol. The lowest BCUT2D eigenvalue weighted by Crippen LogP contribution is -2.58. The van der Waals surface area contributed by atoms with E-state index in [4.69, 9.17) is 10.5 Å². The number of aromatic nitrogens is 2. The zero-order valence-corrected chi connectivity index (χ0v) is 15.7. The van der Waals surface area contributed by atoms with Crippen LogP contribution in [0.25, 0.3) is 0 Å². The number of carbonyl (C=O) groups is 1. The van der Waals surface area contributed by atoms with Gasteiger partial charge in [-0.05, 0) is 42.7 Å². The van der Waals surface area contributed by atoms with E-state index < -0.39 is 5.91 Å². The maximum absolute atomic E-state index is 11.6. The largest absolute Gasteiger partial charge is 0.373 e. The third-order valence-electron chi connectivity index (χ3n) is 6.19. The predicted molar refractivity (Wildman–Crippen MR) is 109 cm³/mol. The van der Waals surface area contributed by atoms with Crippen LogP contribution in [-0.2, 0) is 16.9 Å². The fourth-order valence-corrected chi connectivity index (χ4v) is 5.11. The van der Waals surface area contributed by atoms with Crippen LogP contribution < -0.4 is 5.73 Å². The summed E-state index contributed by atoms with van der Waals surface area (Å²) < 4.78 is 6.24. The second-order valence-electron chi connectivity index (χ2n) is 7.63. The summed E-state index contributed by atoms with van der Waals surface area (Å²) in [5.41, 5.74) is 7.51. The number of amides is 1. The fourth-order valence-electron chi connectivity index (χ4n) is 5.11. The number of hydrogen-bond acceptors (Lipinski definition) is 5.